The van der Waals surface area contributed by atoms with Crippen LogP contribution in [0.25, 0.3) is 10.8 Å². The monoisotopic (exact) mass is 376 g/mol. The molecule has 0 saturated carbocycles. The van der Waals surface area contributed by atoms with Gasteiger partial charge in [0.05, 0.1) is 13.2 Å². The van der Waals surface area contributed by atoms with Crippen molar-refractivity contribution in [1.29, 1.82) is 0 Å². The predicted molar refractivity (Wildman–Crippen MR) is 108 cm³/mol. The van der Waals surface area contributed by atoms with Crippen LogP contribution in [0.4, 0.5) is 0 Å². The third-order valence-corrected chi connectivity index (χ3v) is 5.12. The lowest BCUT2D eigenvalue weighted by molar-refractivity contribution is 0.0504. The lowest BCUT2D eigenvalue weighted by Gasteiger charge is -2.26. The molecule has 1 saturated heterocycles. The number of carbonyl (C=O) groups is 1. The molecule has 1 unspecified atom stereocenters. The average molecular weight is 376 g/mol. The first kappa shape index (κ1) is 18.4. The molecule has 0 N–H and O–H groups in total. The molecule has 1 fully saturated rings. The first-order valence-corrected chi connectivity index (χ1v) is 9.62. The van der Waals surface area contributed by atoms with Gasteiger partial charge in [-0.05, 0) is 42.0 Å². The lowest BCUT2D eigenvalue weighted by atomic mass is 10.1. The zero-order chi connectivity index (χ0) is 19.3. The van der Waals surface area contributed by atoms with Crippen molar-refractivity contribution in [3.8, 4) is 5.75 Å². The number of carbonyl (C=O) groups excluding carboxylic acids is 1. The van der Waals surface area contributed by atoms with Gasteiger partial charge in [-0.2, -0.15) is 0 Å². The van der Waals surface area contributed by atoms with E-state index in [1.165, 1.54) is 0 Å². The van der Waals surface area contributed by atoms with Gasteiger partial charge in [0.25, 0.3) is 5.91 Å². The second-order valence-corrected chi connectivity index (χ2v) is 7.05. The molecule has 3 aromatic rings. The van der Waals surface area contributed by atoms with Crippen LogP contribution in [-0.4, -0.2) is 42.2 Å². The molecule has 5 nitrogen and oxygen atoms in total. The molecule has 1 aliphatic heterocycles. The van der Waals surface area contributed by atoms with Crippen LogP contribution in [0.1, 0.15) is 28.9 Å². The zero-order valence-corrected chi connectivity index (χ0v) is 16.0. The Morgan fingerprint density at radius 3 is 2.93 bits per heavy atom. The van der Waals surface area contributed by atoms with Gasteiger partial charge in [-0.3, -0.25) is 9.78 Å². The molecule has 2 aromatic carbocycles. The molecule has 1 atom stereocenters. The first-order chi connectivity index (χ1) is 13.7. The SMILES string of the molecule is COc1cccc(CN(CC2CCCO2)C(=O)c2nccc3ccccc23)c1. The van der Waals surface area contributed by atoms with Gasteiger partial charge >= 0.3 is 0 Å². The maximum atomic E-state index is 13.5. The van der Waals surface area contributed by atoms with Crippen molar-refractivity contribution in [1.82, 2.24) is 9.88 Å². The van der Waals surface area contributed by atoms with Crippen LogP contribution in [0.3, 0.4) is 0 Å². The van der Waals surface area contributed by atoms with E-state index in [-0.39, 0.29) is 12.0 Å². The number of pyridine rings is 1. The summed E-state index contributed by atoms with van der Waals surface area (Å²) in [6, 6.07) is 17.6. The van der Waals surface area contributed by atoms with Crippen LogP contribution in [0.15, 0.2) is 60.8 Å². The van der Waals surface area contributed by atoms with Gasteiger partial charge in [0.1, 0.15) is 11.4 Å². The highest BCUT2D eigenvalue weighted by Gasteiger charge is 2.25. The highest BCUT2D eigenvalue weighted by molar-refractivity contribution is 6.05. The molecule has 0 bridgehead atoms. The average Bonchev–Trinajstić information content (AvgIpc) is 3.25. The number of nitrogens with zero attached hydrogens (tertiary/aromatic N) is 2. The Morgan fingerprint density at radius 1 is 1.21 bits per heavy atom. The fourth-order valence-electron chi connectivity index (χ4n) is 3.68. The quantitative estimate of drug-likeness (QED) is 0.651. The van der Waals surface area contributed by atoms with Gasteiger partial charge in [-0.1, -0.05) is 36.4 Å². The predicted octanol–water partition coefficient (Wildman–Crippen LogP) is 4.06. The van der Waals surface area contributed by atoms with Gasteiger partial charge in [-0.15, -0.1) is 0 Å². The van der Waals surface area contributed by atoms with Gasteiger partial charge in [0, 0.05) is 31.3 Å². The third kappa shape index (κ3) is 3.99. The van der Waals surface area contributed by atoms with E-state index in [2.05, 4.69) is 4.98 Å². The summed E-state index contributed by atoms with van der Waals surface area (Å²) < 4.78 is 11.1. The molecule has 1 aromatic heterocycles. The van der Waals surface area contributed by atoms with Crippen LogP contribution in [-0.2, 0) is 11.3 Å². The molecule has 144 valence electrons. The highest BCUT2D eigenvalue weighted by atomic mass is 16.5. The molecule has 0 radical (unpaired) electrons. The molecule has 4 rings (SSSR count). The summed E-state index contributed by atoms with van der Waals surface area (Å²) in [6.45, 7) is 1.81. The van der Waals surface area contributed by atoms with E-state index in [4.69, 9.17) is 9.47 Å². The fourth-order valence-corrected chi connectivity index (χ4v) is 3.68. The maximum absolute atomic E-state index is 13.5. The Bertz CT molecular complexity index is 961. The Labute approximate surface area is 164 Å². The van der Waals surface area contributed by atoms with Gasteiger partial charge < -0.3 is 14.4 Å². The molecule has 2 heterocycles. The van der Waals surface area contributed by atoms with Crippen molar-refractivity contribution in [3.05, 3.63) is 72.1 Å². The summed E-state index contributed by atoms with van der Waals surface area (Å²) in [6.07, 6.45) is 3.79. The van der Waals surface area contributed by atoms with Crippen LogP contribution in [0, 0.1) is 0 Å². The number of amides is 1. The summed E-state index contributed by atoms with van der Waals surface area (Å²) in [4.78, 5) is 19.7. The number of benzene rings is 2. The van der Waals surface area contributed by atoms with E-state index in [9.17, 15) is 4.79 Å². The van der Waals surface area contributed by atoms with Crippen LogP contribution in [0.5, 0.6) is 5.75 Å². The fraction of sp³-hybridized carbons (Fsp3) is 0.304. The first-order valence-electron chi connectivity index (χ1n) is 9.62. The van der Waals surface area contributed by atoms with Crippen LogP contribution in [0.2, 0.25) is 0 Å². The number of hydrogen-bond donors (Lipinski definition) is 0. The van der Waals surface area contributed by atoms with Crippen molar-refractivity contribution in [2.45, 2.75) is 25.5 Å². The second kappa shape index (κ2) is 8.40. The Kier molecular flexibility index (Phi) is 5.53. The summed E-state index contributed by atoms with van der Waals surface area (Å²) in [5, 5.41) is 1.89. The number of aromatic nitrogens is 1. The molecule has 0 spiro atoms. The molecule has 1 aliphatic rings. The molecular formula is C23H24N2O3. The van der Waals surface area contributed by atoms with Crippen molar-refractivity contribution in [2.75, 3.05) is 20.3 Å². The molecular weight excluding hydrogens is 352 g/mol. The number of hydrogen-bond acceptors (Lipinski definition) is 4. The van der Waals surface area contributed by atoms with Crippen molar-refractivity contribution in [3.63, 3.8) is 0 Å². The molecule has 5 heteroatoms. The summed E-state index contributed by atoms with van der Waals surface area (Å²) in [5.74, 6) is 0.709. The zero-order valence-electron chi connectivity index (χ0n) is 16.0. The summed E-state index contributed by atoms with van der Waals surface area (Å²) >= 11 is 0. The van der Waals surface area contributed by atoms with Gasteiger partial charge in [0.2, 0.25) is 0 Å². The van der Waals surface area contributed by atoms with Gasteiger partial charge in [0.15, 0.2) is 0 Å². The van der Waals surface area contributed by atoms with E-state index in [1.54, 1.807) is 13.3 Å². The van der Waals surface area contributed by atoms with Crippen LogP contribution < -0.4 is 4.74 Å². The molecule has 1 amide bonds. The third-order valence-electron chi connectivity index (χ3n) is 5.12. The number of methoxy groups -OCH3 is 1. The molecule has 28 heavy (non-hydrogen) atoms. The largest absolute Gasteiger partial charge is 0.497 e. The van der Waals surface area contributed by atoms with Crippen molar-refractivity contribution < 1.29 is 14.3 Å². The van der Waals surface area contributed by atoms with Gasteiger partial charge in [-0.25, -0.2) is 0 Å². The van der Waals surface area contributed by atoms with E-state index in [0.29, 0.717) is 18.8 Å². The maximum Gasteiger partial charge on any atom is 0.273 e. The minimum absolute atomic E-state index is 0.0736. The van der Waals surface area contributed by atoms with Crippen molar-refractivity contribution >= 4 is 16.7 Å². The Balaban J connectivity index is 1.66. The minimum Gasteiger partial charge on any atom is -0.497 e. The van der Waals surface area contributed by atoms with E-state index < -0.39 is 0 Å². The standard InChI is InChI=1S/C23H24N2O3/c1-27-19-8-4-6-17(14-19)15-25(16-20-9-5-13-28-20)23(26)22-21-10-3-2-7-18(21)11-12-24-22/h2-4,6-8,10-12,14,20H,5,9,13,15-16H2,1H3. The Hall–Kier alpha value is -2.92. The normalized spacial score (nSPS) is 16.2. The number of fused-ring (bicyclic) bond motifs is 1. The smallest absolute Gasteiger partial charge is 0.273 e. The second-order valence-electron chi connectivity index (χ2n) is 7.05. The summed E-state index contributed by atoms with van der Waals surface area (Å²) in [5.41, 5.74) is 1.50. The minimum atomic E-state index is -0.0740. The summed E-state index contributed by atoms with van der Waals surface area (Å²) in [7, 11) is 1.65. The number of rotatable bonds is 6. The van der Waals surface area contributed by atoms with Crippen LogP contribution >= 0.6 is 0 Å². The molecule has 0 aliphatic carbocycles. The highest BCUT2D eigenvalue weighted by Crippen LogP contribution is 2.22. The Morgan fingerprint density at radius 2 is 2.11 bits per heavy atom. The van der Waals surface area contributed by atoms with Crippen molar-refractivity contribution in [2.24, 2.45) is 0 Å². The lowest BCUT2D eigenvalue weighted by Crippen LogP contribution is -2.37. The van der Waals surface area contributed by atoms with E-state index in [0.717, 1.165) is 41.5 Å². The van der Waals surface area contributed by atoms with E-state index in [1.807, 2.05) is 59.5 Å². The van der Waals surface area contributed by atoms with E-state index >= 15 is 0 Å². The topological polar surface area (TPSA) is 51.7 Å². The number of ether oxygens (including phenoxy) is 2.